The number of ether oxygens (including phenoxy) is 2. The van der Waals surface area contributed by atoms with Crippen LogP contribution in [0.15, 0.2) is 83.9 Å². The molecule has 0 amide bonds. The van der Waals surface area contributed by atoms with Crippen molar-refractivity contribution in [2.75, 3.05) is 19.6 Å². The predicted molar refractivity (Wildman–Crippen MR) is 135 cm³/mol. The van der Waals surface area contributed by atoms with Gasteiger partial charge in [0.1, 0.15) is 11.9 Å². The van der Waals surface area contributed by atoms with Crippen LogP contribution in [0.1, 0.15) is 19.4 Å². The SMILES string of the molecule is CCN=C(c1ccccc1-c1cccc2ccccc12)N1CCNC(C)C12OC(=O)C=CC(=O)O2. The molecule has 2 aliphatic heterocycles. The molecular formula is C28H27N3O4. The van der Waals surface area contributed by atoms with E-state index in [0.29, 0.717) is 25.5 Å². The van der Waals surface area contributed by atoms with Crippen LogP contribution in [0.5, 0.6) is 0 Å². The summed E-state index contributed by atoms with van der Waals surface area (Å²) in [5.74, 6) is -2.36. The first-order valence-electron chi connectivity index (χ1n) is 11.8. The Morgan fingerprint density at radius 3 is 2.40 bits per heavy atom. The number of nitrogens with zero attached hydrogens (tertiary/aromatic N) is 2. The fourth-order valence-corrected chi connectivity index (χ4v) is 4.80. The van der Waals surface area contributed by atoms with Gasteiger partial charge in [-0.25, -0.2) is 9.59 Å². The number of hydrogen-bond donors (Lipinski definition) is 1. The standard InChI is InChI=1S/C28H27N3O4/c1-3-29-27(31-18-17-30-19(2)28(31)34-25(32)15-16-26(33)35-28)24-13-7-6-12-23(24)22-14-8-10-20-9-4-5-11-21(20)22/h4-16,19,30H,3,17-18H2,1-2H3. The van der Waals surface area contributed by atoms with Crippen molar-refractivity contribution >= 4 is 28.5 Å². The third kappa shape index (κ3) is 4.08. The molecule has 35 heavy (non-hydrogen) atoms. The zero-order valence-electron chi connectivity index (χ0n) is 19.7. The van der Waals surface area contributed by atoms with Gasteiger partial charge >= 0.3 is 17.8 Å². The molecule has 7 heteroatoms. The first-order valence-corrected chi connectivity index (χ1v) is 11.8. The highest BCUT2D eigenvalue weighted by molar-refractivity contribution is 6.08. The van der Waals surface area contributed by atoms with Gasteiger partial charge in [0.15, 0.2) is 0 Å². The number of carbonyl (C=O) groups is 2. The van der Waals surface area contributed by atoms with E-state index in [9.17, 15) is 9.59 Å². The molecule has 3 aromatic carbocycles. The fourth-order valence-electron chi connectivity index (χ4n) is 4.80. The summed E-state index contributed by atoms with van der Waals surface area (Å²) in [6, 6.07) is 22.0. The predicted octanol–water partition coefficient (Wildman–Crippen LogP) is 3.88. The number of esters is 2. The second-order valence-corrected chi connectivity index (χ2v) is 8.50. The number of nitrogens with one attached hydrogen (secondary N) is 1. The van der Waals surface area contributed by atoms with Crippen LogP contribution < -0.4 is 5.32 Å². The zero-order chi connectivity index (χ0) is 24.4. The molecule has 0 bridgehead atoms. The smallest absolute Gasteiger partial charge is 0.360 e. The number of fused-ring (bicyclic) bond motifs is 1. The van der Waals surface area contributed by atoms with Crippen LogP contribution in [-0.4, -0.2) is 54.3 Å². The number of piperazine rings is 1. The van der Waals surface area contributed by atoms with Crippen LogP contribution in [0.4, 0.5) is 0 Å². The summed E-state index contributed by atoms with van der Waals surface area (Å²) in [5, 5.41) is 5.54. The number of rotatable bonds is 3. The van der Waals surface area contributed by atoms with Gasteiger partial charge < -0.3 is 14.8 Å². The Kier molecular flexibility index (Phi) is 6.09. The molecule has 1 N–H and O–H groups in total. The van der Waals surface area contributed by atoms with E-state index in [0.717, 1.165) is 39.6 Å². The highest BCUT2D eigenvalue weighted by Crippen LogP contribution is 2.35. The van der Waals surface area contributed by atoms with E-state index in [2.05, 4.69) is 35.6 Å². The van der Waals surface area contributed by atoms with Crippen molar-refractivity contribution in [3.8, 4) is 11.1 Å². The van der Waals surface area contributed by atoms with Crippen LogP contribution in [-0.2, 0) is 19.1 Å². The molecule has 2 aliphatic rings. The maximum absolute atomic E-state index is 12.5. The molecule has 1 fully saturated rings. The summed E-state index contributed by atoms with van der Waals surface area (Å²) in [7, 11) is 0. The van der Waals surface area contributed by atoms with E-state index in [1.807, 2.05) is 55.1 Å². The van der Waals surface area contributed by atoms with Crippen LogP contribution in [0.2, 0.25) is 0 Å². The third-order valence-corrected chi connectivity index (χ3v) is 6.37. The van der Waals surface area contributed by atoms with E-state index in [4.69, 9.17) is 14.5 Å². The Morgan fingerprint density at radius 1 is 0.971 bits per heavy atom. The summed E-state index contributed by atoms with van der Waals surface area (Å²) < 4.78 is 11.6. The molecule has 1 unspecified atom stereocenters. The summed E-state index contributed by atoms with van der Waals surface area (Å²) in [5.41, 5.74) is 2.92. The van der Waals surface area contributed by atoms with Crippen LogP contribution in [0, 0.1) is 0 Å². The van der Waals surface area contributed by atoms with Gasteiger partial charge in [0.2, 0.25) is 0 Å². The van der Waals surface area contributed by atoms with Crippen molar-refractivity contribution in [1.82, 2.24) is 10.2 Å². The van der Waals surface area contributed by atoms with Crippen LogP contribution >= 0.6 is 0 Å². The van der Waals surface area contributed by atoms with Gasteiger partial charge in [-0.05, 0) is 35.7 Å². The van der Waals surface area contributed by atoms with E-state index in [1.54, 1.807) is 0 Å². The van der Waals surface area contributed by atoms with Gasteiger partial charge in [-0.2, -0.15) is 0 Å². The van der Waals surface area contributed by atoms with Gasteiger partial charge in [-0.3, -0.25) is 9.89 Å². The van der Waals surface area contributed by atoms with E-state index >= 15 is 0 Å². The van der Waals surface area contributed by atoms with E-state index in [1.165, 1.54) is 0 Å². The second-order valence-electron chi connectivity index (χ2n) is 8.50. The average molecular weight is 470 g/mol. The zero-order valence-corrected chi connectivity index (χ0v) is 19.7. The monoisotopic (exact) mass is 469 g/mol. The van der Waals surface area contributed by atoms with Crippen LogP contribution in [0.3, 0.4) is 0 Å². The minimum absolute atomic E-state index is 0.424. The summed E-state index contributed by atoms with van der Waals surface area (Å²) in [6.45, 7) is 5.30. The molecule has 0 aliphatic carbocycles. The first-order chi connectivity index (χ1) is 17.0. The number of amidine groups is 1. The van der Waals surface area contributed by atoms with Crippen molar-refractivity contribution in [2.24, 2.45) is 4.99 Å². The molecule has 2 heterocycles. The van der Waals surface area contributed by atoms with Gasteiger partial charge in [0.25, 0.3) is 0 Å². The van der Waals surface area contributed by atoms with E-state index < -0.39 is 23.9 Å². The van der Waals surface area contributed by atoms with Crippen molar-refractivity contribution in [3.05, 3.63) is 84.4 Å². The van der Waals surface area contributed by atoms with Crippen molar-refractivity contribution in [2.45, 2.75) is 25.8 Å². The minimum Gasteiger partial charge on any atom is -0.399 e. The van der Waals surface area contributed by atoms with Gasteiger partial charge in [-0.15, -0.1) is 0 Å². The van der Waals surface area contributed by atoms with Gasteiger partial charge in [0.05, 0.1) is 0 Å². The number of carbonyl (C=O) groups excluding carboxylic acids is 2. The van der Waals surface area contributed by atoms with E-state index in [-0.39, 0.29) is 0 Å². The van der Waals surface area contributed by atoms with Crippen molar-refractivity contribution < 1.29 is 19.1 Å². The number of hydrogen-bond acceptors (Lipinski definition) is 6. The molecule has 1 atom stereocenters. The quantitative estimate of drug-likeness (QED) is 0.356. The lowest BCUT2D eigenvalue weighted by atomic mass is 9.93. The third-order valence-electron chi connectivity index (χ3n) is 6.37. The Labute approximate surface area is 204 Å². The fraction of sp³-hybridized carbons (Fsp3) is 0.250. The lowest BCUT2D eigenvalue weighted by Crippen LogP contribution is -2.70. The Morgan fingerprint density at radius 2 is 1.63 bits per heavy atom. The Bertz CT molecular complexity index is 1320. The van der Waals surface area contributed by atoms with Crippen molar-refractivity contribution in [3.63, 3.8) is 0 Å². The first kappa shape index (κ1) is 22.8. The lowest BCUT2D eigenvalue weighted by Gasteiger charge is -2.48. The molecule has 178 valence electrons. The molecule has 0 aromatic heterocycles. The molecule has 7 nitrogen and oxygen atoms in total. The molecule has 0 saturated carbocycles. The molecule has 0 radical (unpaired) electrons. The largest absolute Gasteiger partial charge is 0.399 e. The summed E-state index contributed by atoms with van der Waals surface area (Å²) in [6.07, 6.45) is 2.19. The summed E-state index contributed by atoms with van der Waals surface area (Å²) in [4.78, 5) is 31.7. The molecular weight excluding hydrogens is 442 g/mol. The number of benzene rings is 3. The topological polar surface area (TPSA) is 80.2 Å². The molecule has 3 aromatic rings. The Balaban J connectivity index is 1.69. The highest BCUT2D eigenvalue weighted by Gasteiger charge is 2.54. The average Bonchev–Trinajstić information content (AvgIpc) is 3.02. The Hall–Kier alpha value is -3.97. The normalized spacial score (nSPS) is 20.0. The van der Waals surface area contributed by atoms with Crippen LogP contribution in [0.25, 0.3) is 21.9 Å². The second kappa shape index (κ2) is 9.35. The number of aliphatic imine (C=N–C) groups is 1. The summed E-state index contributed by atoms with van der Waals surface area (Å²) >= 11 is 0. The molecule has 5 rings (SSSR count). The lowest BCUT2D eigenvalue weighted by molar-refractivity contribution is -0.283. The van der Waals surface area contributed by atoms with Crippen molar-refractivity contribution in [1.29, 1.82) is 0 Å². The van der Waals surface area contributed by atoms with Gasteiger partial charge in [0, 0.05) is 37.3 Å². The molecule has 1 spiro atoms. The molecule has 1 saturated heterocycles. The van der Waals surface area contributed by atoms with Gasteiger partial charge in [-0.1, -0.05) is 66.7 Å². The maximum Gasteiger partial charge on any atom is 0.360 e. The maximum atomic E-state index is 12.5. The highest BCUT2D eigenvalue weighted by atomic mass is 16.8. The minimum atomic E-state index is -1.67.